The van der Waals surface area contributed by atoms with Gasteiger partial charge in [0.05, 0.1) is 0 Å². The first-order chi connectivity index (χ1) is 4.61. The van der Waals surface area contributed by atoms with Crippen molar-refractivity contribution in [2.24, 2.45) is 17.3 Å². The molecule has 0 amide bonds. The zero-order chi connectivity index (χ0) is 7.78. The maximum Gasteiger partial charge on any atom is 0.0489 e. The summed E-state index contributed by atoms with van der Waals surface area (Å²) >= 11 is 0. The van der Waals surface area contributed by atoms with Gasteiger partial charge in [-0.1, -0.05) is 20.8 Å². The number of hydrogen-bond donors (Lipinski definition) is 1. The van der Waals surface area contributed by atoms with Crippen molar-refractivity contribution >= 4 is 0 Å². The van der Waals surface area contributed by atoms with Gasteiger partial charge < -0.3 is 5.11 Å². The van der Waals surface area contributed by atoms with Gasteiger partial charge >= 0.3 is 0 Å². The van der Waals surface area contributed by atoms with Crippen LogP contribution in [0.1, 0.15) is 33.6 Å². The van der Waals surface area contributed by atoms with Crippen LogP contribution in [0.25, 0.3) is 0 Å². The topological polar surface area (TPSA) is 20.2 Å². The molecule has 0 aromatic rings. The molecule has 0 bridgehead atoms. The van der Waals surface area contributed by atoms with Gasteiger partial charge in [-0.15, -0.1) is 0 Å². The fourth-order valence-corrected chi connectivity index (χ4v) is 1.53. The van der Waals surface area contributed by atoms with Crippen LogP contribution in [0.4, 0.5) is 0 Å². The minimum absolute atomic E-state index is 0.208. The quantitative estimate of drug-likeness (QED) is 0.639. The van der Waals surface area contributed by atoms with Gasteiger partial charge in [0.15, 0.2) is 0 Å². The Labute approximate surface area is 63.4 Å². The molecule has 0 saturated heterocycles. The number of aliphatic hydroxyl groups is 1. The molecule has 0 aliphatic heterocycles. The first-order valence-electron chi connectivity index (χ1n) is 4.22. The van der Waals surface area contributed by atoms with Crippen LogP contribution in [0.3, 0.4) is 0 Å². The average molecular weight is 142 g/mol. The van der Waals surface area contributed by atoms with E-state index < -0.39 is 0 Å². The number of aliphatic hydroxyl groups excluding tert-OH is 1. The van der Waals surface area contributed by atoms with Gasteiger partial charge in [-0.05, 0) is 30.1 Å². The molecule has 1 fully saturated rings. The van der Waals surface area contributed by atoms with Gasteiger partial charge in [0.2, 0.25) is 0 Å². The highest BCUT2D eigenvalue weighted by Gasteiger charge is 2.42. The van der Waals surface area contributed by atoms with Crippen molar-refractivity contribution in [3.63, 3.8) is 0 Å². The summed E-state index contributed by atoms with van der Waals surface area (Å²) in [6, 6.07) is 0. The summed E-state index contributed by atoms with van der Waals surface area (Å²) in [5.74, 6) is 1.42. The van der Waals surface area contributed by atoms with Crippen molar-refractivity contribution in [1.29, 1.82) is 0 Å². The van der Waals surface area contributed by atoms with E-state index in [0.717, 1.165) is 5.92 Å². The van der Waals surface area contributed by atoms with E-state index in [9.17, 15) is 0 Å². The molecule has 0 heterocycles. The fourth-order valence-electron chi connectivity index (χ4n) is 1.53. The molecule has 0 radical (unpaired) electrons. The Morgan fingerprint density at radius 3 is 2.10 bits per heavy atom. The van der Waals surface area contributed by atoms with E-state index >= 15 is 0 Å². The van der Waals surface area contributed by atoms with E-state index in [4.69, 9.17) is 5.11 Å². The molecule has 1 aliphatic rings. The molecule has 1 rings (SSSR count). The van der Waals surface area contributed by atoms with Crippen molar-refractivity contribution in [2.75, 3.05) is 6.61 Å². The Balaban J connectivity index is 2.56. The molecule has 1 nitrogen and oxygen atoms in total. The third-order valence-corrected chi connectivity index (χ3v) is 3.17. The Hall–Kier alpha value is -0.0400. The smallest absolute Gasteiger partial charge is 0.0489 e. The second kappa shape index (κ2) is 2.54. The van der Waals surface area contributed by atoms with E-state index in [1.165, 1.54) is 12.8 Å². The summed E-state index contributed by atoms with van der Waals surface area (Å²) in [7, 11) is 0. The molecule has 10 heavy (non-hydrogen) atoms. The first kappa shape index (κ1) is 8.06. The normalized spacial score (nSPS) is 24.9. The van der Waals surface area contributed by atoms with Crippen LogP contribution < -0.4 is 0 Å². The standard InChI is InChI=1S/C9H18O/c1-7(2)9(3,6-10)8-4-5-8/h7-8,10H,4-6H2,1-3H3. The van der Waals surface area contributed by atoms with Crippen LogP contribution in [-0.4, -0.2) is 11.7 Å². The molecule has 1 unspecified atom stereocenters. The van der Waals surface area contributed by atoms with Gasteiger partial charge in [0, 0.05) is 6.61 Å². The van der Waals surface area contributed by atoms with Crippen LogP contribution >= 0.6 is 0 Å². The molecular weight excluding hydrogens is 124 g/mol. The molecule has 0 aromatic carbocycles. The second-order valence-electron chi connectivity index (χ2n) is 4.09. The number of hydrogen-bond acceptors (Lipinski definition) is 1. The van der Waals surface area contributed by atoms with E-state index in [0.29, 0.717) is 12.5 Å². The van der Waals surface area contributed by atoms with Gasteiger partial charge in [-0.3, -0.25) is 0 Å². The molecular formula is C9H18O. The van der Waals surface area contributed by atoms with Crippen LogP contribution in [0.15, 0.2) is 0 Å². The van der Waals surface area contributed by atoms with Crippen LogP contribution in [-0.2, 0) is 0 Å². The third kappa shape index (κ3) is 1.20. The van der Waals surface area contributed by atoms with Crippen LogP contribution in [0.2, 0.25) is 0 Å². The highest BCUT2D eigenvalue weighted by atomic mass is 16.3. The third-order valence-electron chi connectivity index (χ3n) is 3.17. The SMILES string of the molecule is CC(C)C(C)(CO)C1CC1. The maximum absolute atomic E-state index is 9.17. The van der Waals surface area contributed by atoms with E-state index in [1.54, 1.807) is 0 Å². The largest absolute Gasteiger partial charge is 0.396 e. The predicted molar refractivity (Wildman–Crippen MR) is 42.8 cm³/mol. The summed E-state index contributed by atoms with van der Waals surface area (Å²) < 4.78 is 0. The Kier molecular flexibility index (Phi) is 2.04. The van der Waals surface area contributed by atoms with Crippen molar-refractivity contribution in [3.8, 4) is 0 Å². The lowest BCUT2D eigenvalue weighted by Crippen LogP contribution is -2.30. The highest BCUT2D eigenvalue weighted by molar-refractivity contribution is 4.92. The van der Waals surface area contributed by atoms with Crippen LogP contribution in [0, 0.1) is 17.3 Å². The Morgan fingerprint density at radius 1 is 1.50 bits per heavy atom. The van der Waals surface area contributed by atoms with Gasteiger partial charge in [-0.25, -0.2) is 0 Å². The van der Waals surface area contributed by atoms with Crippen molar-refractivity contribution < 1.29 is 5.11 Å². The van der Waals surface area contributed by atoms with E-state index in [-0.39, 0.29) is 5.41 Å². The van der Waals surface area contributed by atoms with Crippen LogP contribution in [0.5, 0.6) is 0 Å². The molecule has 1 N–H and O–H groups in total. The summed E-state index contributed by atoms with van der Waals surface area (Å²) in [6.45, 7) is 6.97. The lowest BCUT2D eigenvalue weighted by molar-refractivity contribution is 0.0722. The monoisotopic (exact) mass is 142 g/mol. The molecule has 1 saturated carbocycles. The van der Waals surface area contributed by atoms with Crippen molar-refractivity contribution in [1.82, 2.24) is 0 Å². The van der Waals surface area contributed by atoms with Crippen molar-refractivity contribution in [2.45, 2.75) is 33.6 Å². The number of rotatable bonds is 3. The minimum Gasteiger partial charge on any atom is -0.396 e. The molecule has 60 valence electrons. The Morgan fingerprint density at radius 2 is 2.00 bits per heavy atom. The molecule has 0 spiro atoms. The summed E-state index contributed by atoms with van der Waals surface area (Å²) in [5.41, 5.74) is 0.208. The Bertz CT molecular complexity index is 112. The highest BCUT2D eigenvalue weighted by Crippen LogP contribution is 2.49. The first-order valence-corrected chi connectivity index (χ1v) is 4.22. The fraction of sp³-hybridized carbons (Fsp3) is 1.00. The van der Waals surface area contributed by atoms with Gasteiger partial charge in [0.25, 0.3) is 0 Å². The lowest BCUT2D eigenvalue weighted by Gasteiger charge is -2.31. The summed E-state index contributed by atoms with van der Waals surface area (Å²) in [4.78, 5) is 0. The average Bonchev–Trinajstić information content (AvgIpc) is 2.67. The molecule has 1 atom stereocenters. The molecule has 1 heteroatoms. The van der Waals surface area contributed by atoms with Crippen molar-refractivity contribution in [3.05, 3.63) is 0 Å². The minimum atomic E-state index is 0.208. The predicted octanol–water partition coefficient (Wildman–Crippen LogP) is 2.05. The zero-order valence-corrected chi connectivity index (χ0v) is 7.22. The van der Waals surface area contributed by atoms with Gasteiger partial charge in [0.1, 0.15) is 0 Å². The summed E-state index contributed by atoms with van der Waals surface area (Å²) in [6.07, 6.45) is 2.66. The zero-order valence-electron chi connectivity index (χ0n) is 7.22. The lowest BCUT2D eigenvalue weighted by atomic mass is 9.75. The maximum atomic E-state index is 9.17. The van der Waals surface area contributed by atoms with E-state index in [1.807, 2.05) is 0 Å². The second-order valence-corrected chi connectivity index (χ2v) is 4.09. The molecule has 1 aliphatic carbocycles. The molecule has 0 aromatic heterocycles. The van der Waals surface area contributed by atoms with E-state index in [2.05, 4.69) is 20.8 Å². The summed E-state index contributed by atoms with van der Waals surface area (Å²) in [5, 5.41) is 9.17. The van der Waals surface area contributed by atoms with Gasteiger partial charge in [-0.2, -0.15) is 0 Å².